The van der Waals surface area contributed by atoms with Crippen molar-refractivity contribution in [3.05, 3.63) is 54.4 Å². The monoisotopic (exact) mass is 498 g/mol. The second-order valence-corrected chi connectivity index (χ2v) is 9.72. The van der Waals surface area contributed by atoms with E-state index < -0.39 is 0 Å². The zero-order valence-electron chi connectivity index (χ0n) is 20.9. The SMILES string of the molecule is COc1nccc(-c2ccc3nc(Nc4cc(CN5CCN(C(=O)CC6CC6)CC5)ccn4)[nH]c3c2)n1. The molecule has 2 fully saturated rings. The van der Waals surface area contributed by atoms with Crippen LogP contribution in [0.1, 0.15) is 24.8 Å². The van der Waals surface area contributed by atoms with E-state index in [-0.39, 0.29) is 0 Å². The number of carbonyl (C=O) groups excluding carboxylic acids is 1. The van der Waals surface area contributed by atoms with Crippen LogP contribution >= 0.6 is 0 Å². The molecule has 6 rings (SSSR count). The number of piperazine rings is 1. The summed E-state index contributed by atoms with van der Waals surface area (Å²) in [5, 5.41) is 3.30. The van der Waals surface area contributed by atoms with Crippen molar-refractivity contribution in [1.82, 2.24) is 34.7 Å². The number of hydrogen-bond acceptors (Lipinski definition) is 8. The van der Waals surface area contributed by atoms with E-state index in [2.05, 4.69) is 41.2 Å². The molecule has 37 heavy (non-hydrogen) atoms. The Morgan fingerprint density at radius 2 is 1.89 bits per heavy atom. The molecule has 0 atom stereocenters. The van der Waals surface area contributed by atoms with Gasteiger partial charge in [0.15, 0.2) is 0 Å². The number of benzene rings is 1. The summed E-state index contributed by atoms with van der Waals surface area (Å²) in [6.45, 7) is 4.24. The highest BCUT2D eigenvalue weighted by atomic mass is 16.5. The van der Waals surface area contributed by atoms with Crippen LogP contribution in [0.15, 0.2) is 48.8 Å². The predicted octanol–water partition coefficient (Wildman–Crippen LogP) is 3.61. The highest BCUT2D eigenvalue weighted by molar-refractivity contribution is 5.83. The van der Waals surface area contributed by atoms with Crippen LogP contribution in [0.4, 0.5) is 11.8 Å². The van der Waals surface area contributed by atoms with Crippen molar-refractivity contribution in [2.24, 2.45) is 5.92 Å². The first-order chi connectivity index (χ1) is 18.1. The second kappa shape index (κ2) is 10.1. The Hall–Kier alpha value is -4.05. The molecule has 0 radical (unpaired) electrons. The smallest absolute Gasteiger partial charge is 0.316 e. The van der Waals surface area contributed by atoms with Gasteiger partial charge in [0.1, 0.15) is 5.82 Å². The van der Waals surface area contributed by atoms with Gasteiger partial charge in [-0.05, 0) is 54.7 Å². The zero-order chi connectivity index (χ0) is 25.2. The molecule has 190 valence electrons. The van der Waals surface area contributed by atoms with Gasteiger partial charge in [0, 0.05) is 57.1 Å². The Kier molecular flexibility index (Phi) is 6.40. The summed E-state index contributed by atoms with van der Waals surface area (Å²) in [7, 11) is 1.55. The number of methoxy groups -OCH3 is 1. The van der Waals surface area contributed by atoms with Crippen molar-refractivity contribution in [2.45, 2.75) is 25.8 Å². The highest BCUT2D eigenvalue weighted by Gasteiger charge is 2.28. The Bertz CT molecular complexity index is 1410. The summed E-state index contributed by atoms with van der Waals surface area (Å²) in [4.78, 5) is 37.8. The molecule has 3 aromatic heterocycles. The van der Waals surface area contributed by atoms with Crippen molar-refractivity contribution in [1.29, 1.82) is 0 Å². The Balaban J connectivity index is 1.09. The third kappa shape index (κ3) is 5.54. The minimum absolute atomic E-state index is 0.326. The van der Waals surface area contributed by atoms with Gasteiger partial charge in [0.2, 0.25) is 11.9 Å². The van der Waals surface area contributed by atoms with E-state index >= 15 is 0 Å². The van der Waals surface area contributed by atoms with Crippen molar-refractivity contribution >= 4 is 28.7 Å². The lowest BCUT2D eigenvalue weighted by Gasteiger charge is -2.34. The van der Waals surface area contributed by atoms with Crippen molar-refractivity contribution in [2.75, 3.05) is 38.6 Å². The van der Waals surface area contributed by atoms with E-state index in [9.17, 15) is 4.79 Å². The fraction of sp³-hybridized carbons (Fsp3) is 0.370. The van der Waals surface area contributed by atoms with Crippen LogP contribution in [0.2, 0.25) is 0 Å². The number of ether oxygens (including phenoxy) is 1. The summed E-state index contributed by atoms with van der Waals surface area (Å²) < 4.78 is 5.14. The van der Waals surface area contributed by atoms with E-state index in [1.165, 1.54) is 18.4 Å². The van der Waals surface area contributed by atoms with Gasteiger partial charge in [-0.3, -0.25) is 9.69 Å². The van der Waals surface area contributed by atoms with E-state index in [0.29, 0.717) is 23.8 Å². The van der Waals surface area contributed by atoms with E-state index in [1.54, 1.807) is 13.3 Å². The van der Waals surface area contributed by atoms with Gasteiger partial charge < -0.3 is 19.9 Å². The van der Waals surface area contributed by atoms with Crippen LogP contribution in [0, 0.1) is 5.92 Å². The number of imidazole rings is 1. The maximum absolute atomic E-state index is 12.4. The van der Waals surface area contributed by atoms with Crippen molar-refractivity contribution in [3.8, 4) is 17.3 Å². The summed E-state index contributed by atoms with van der Waals surface area (Å²) in [6, 6.07) is 12.2. The Labute approximate surface area is 215 Å². The predicted molar refractivity (Wildman–Crippen MR) is 140 cm³/mol. The first-order valence-corrected chi connectivity index (χ1v) is 12.7. The summed E-state index contributed by atoms with van der Waals surface area (Å²) in [5.74, 6) is 2.33. The first kappa shape index (κ1) is 23.4. The number of fused-ring (bicyclic) bond motifs is 1. The maximum atomic E-state index is 12.4. The standard InChI is InChI=1S/C27H30N8O2/c1-37-27-29-9-7-21(32-27)20-4-5-22-23(16-20)31-26(30-22)33-24-14-19(6-8-28-24)17-34-10-12-35(13-11-34)25(36)15-18-2-3-18/h4-9,14,16,18H,2-3,10-13,15,17H2,1H3,(H2,28,30,31,33). The molecule has 1 aromatic carbocycles. The second-order valence-electron chi connectivity index (χ2n) is 9.72. The maximum Gasteiger partial charge on any atom is 0.316 e. The van der Waals surface area contributed by atoms with Gasteiger partial charge in [-0.1, -0.05) is 6.07 Å². The molecule has 4 heterocycles. The van der Waals surface area contributed by atoms with Gasteiger partial charge in [-0.15, -0.1) is 0 Å². The van der Waals surface area contributed by atoms with Gasteiger partial charge in [0.05, 0.1) is 23.8 Å². The molecule has 10 nitrogen and oxygen atoms in total. The molecular formula is C27H30N8O2. The number of carbonyl (C=O) groups is 1. The average Bonchev–Trinajstić information content (AvgIpc) is 3.65. The van der Waals surface area contributed by atoms with Crippen LogP contribution in [0.5, 0.6) is 6.01 Å². The molecule has 0 spiro atoms. The van der Waals surface area contributed by atoms with Gasteiger partial charge in [-0.25, -0.2) is 15.0 Å². The molecule has 1 saturated carbocycles. The number of aromatic amines is 1. The summed E-state index contributed by atoms with van der Waals surface area (Å²) in [5.41, 5.74) is 4.63. The molecule has 10 heteroatoms. The Morgan fingerprint density at radius 3 is 2.70 bits per heavy atom. The number of amides is 1. The van der Waals surface area contributed by atoms with Crippen molar-refractivity contribution < 1.29 is 9.53 Å². The van der Waals surface area contributed by atoms with Crippen LogP contribution in [-0.2, 0) is 11.3 Å². The Morgan fingerprint density at radius 1 is 1.05 bits per heavy atom. The number of H-pyrrole nitrogens is 1. The molecule has 2 N–H and O–H groups in total. The number of pyridine rings is 1. The number of anilines is 2. The lowest BCUT2D eigenvalue weighted by molar-refractivity contribution is -0.133. The van der Waals surface area contributed by atoms with Gasteiger partial charge in [0.25, 0.3) is 0 Å². The van der Waals surface area contributed by atoms with Gasteiger partial charge in [-0.2, -0.15) is 4.98 Å². The molecule has 0 bridgehead atoms. The quantitative estimate of drug-likeness (QED) is 0.379. The van der Waals surface area contributed by atoms with Crippen LogP contribution < -0.4 is 10.1 Å². The third-order valence-corrected chi connectivity index (χ3v) is 6.96. The zero-order valence-corrected chi connectivity index (χ0v) is 20.9. The fourth-order valence-corrected chi connectivity index (χ4v) is 4.70. The van der Waals surface area contributed by atoms with E-state index in [0.717, 1.165) is 67.3 Å². The molecule has 1 aliphatic carbocycles. The number of nitrogens with one attached hydrogen (secondary N) is 2. The summed E-state index contributed by atoms with van der Waals surface area (Å²) >= 11 is 0. The molecule has 2 aliphatic rings. The lowest BCUT2D eigenvalue weighted by Crippen LogP contribution is -2.48. The van der Waals surface area contributed by atoms with Crippen molar-refractivity contribution in [3.63, 3.8) is 0 Å². The number of nitrogens with zero attached hydrogens (tertiary/aromatic N) is 6. The fourth-order valence-electron chi connectivity index (χ4n) is 4.70. The largest absolute Gasteiger partial charge is 0.467 e. The minimum Gasteiger partial charge on any atom is -0.467 e. The normalized spacial score (nSPS) is 16.2. The van der Waals surface area contributed by atoms with Crippen LogP contribution in [0.25, 0.3) is 22.3 Å². The first-order valence-electron chi connectivity index (χ1n) is 12.7. The minimum atomic E-state index is 0.326. The number of aromatic nitrogens is 5. The van der Waals surface area contributed by atoms with E-state index in [1.807, 2.05) is 41.4 Å². The topological polar surface area (TPSA) is 112 Å². The molecule has 1 aliphatic heterocycles. The van der Waals surface area contributed by atoms with Gasteiger partial charge >= 0.3 is 6.01 Å². The molecular weight excluding hydrogens is 468 g/mol. The van der Waals surface area contributed by atoms with Crippen LogP contribution in [0.3, 0.4) is 0 Å². The number of hydrogen-bond donors (Lipinski definition) is 2. The van der Waals surface area contributed by atoms with E-state index in [4.69, 9.17) is 4.74 Å². The molecule has 4 aromatic rings. The highest BCUT2D eigenvalue weighted by Crippen LogP contribution is 2.33. The molecule has 0 unspecified atom stereocenters. The number of rotatable bonds is 8. The summed E-state index contributed by atoms with van der Waals surface area (Å²) in [6.07, 6.45) is 6.67. The lowest BCUT2D eigenvalue weighted by atomic mass is 10.1. The molecule has 1 saturated heterocycles. The average molecular weight is 499 g/mol. The molecule has 1 amide bonds. The van der Waals surface area contributed by atoms with Crippen LogP contribution in [-0.4, -0.2) is 73.9 Å². The third-order valence-electron chi connectivity index (χ3n) is 6.96.